The van der Waals surface area contributed by atoms with Crippen LogP contribution < -0.4 is 26.6 Å². The molecule has 0 saturated heterocycles. The molecular formula is C27H25N5O6. The molecule has 3 aromatic rings. The highest BCUT2D eigenvalue weighted by Gasteiger charge is 2.36. The van der Waals surface area contributed by atoms with Crippen LogP contribution in [0.5, 0.6) is 0 Å². The van der Waals surface area contributed by atoms with Crippen LogP contribution in [0.2, 0.25) is 0 Å². The maximum atomic E-state index is 12.7. The highest BCUT2D eigenvalue weighted by atomic mass is 16.4. The van der Waals surface area contributed by atoms with Crippen molar-refractivity contribution in [3.8, 4) is 0 Å². The summed E-state index contributed by atoms with van der Waals surface area (Å²) < 4.78 is 0. The number of anilines is 4. The van der Waals surface area contributed by atoms with Gasteiger partial charge in [0.05, 0.1) is 5.69 Å². The summed E-state index contributed by atoms with van der Waals surface area (Å²) in [6, 6.07) is 14.8. The fourth-order valence-electron chi connectivity index (χ4n) is 4.04. The fraction of sp³-hybridized carbons (Fsp3) is 0.148. The van der Waals surface area contributed by atoms with E-state index in [1.165, 1.54) is 24.1 Å². The molecule has 1 heterocycles. The normalized spacial score (nSPS) is 14.6. The summed E-state index contributed by atoms with van der Waals surface area (Å²) in [6.45, 7) is 0. The number of benzene rings is 3. The summed E-state index contributed by atoms with van der Waals surface area (Å²) in [5.74, 6) is -2.41. The average Bonchev–Trinajstić information content (AvgIpc) is 3.25. The molecule has 2 unspecified atom stereocenters. The van der Waals surface area contributed by atoms with Gasteiger partial charge in [0.1, 0.15) is 6.04 Å². The van der Waals surface area contributed by atoms with Crippen LogP contribution in [0, 0.1) is 0 Å². The zero-order valence-electron chi connectivity index (χ0n) is 20.3. The molecule has 0 radical (unpaired) electrons. The van der Waals surface area contributed by atoms with E-state index in [1.54, 1.807) is 54.6 Å². The number of amides is 3. The van der Waals surface area contributed by atoms with Crippen LogP contribution in [0.15, 0.2) is 66.7 Å². The molecule has 38 heavy (non-hydrogen) atoms. The number of rotatable bonds is 8. The molecule has 0 aliphatic carbocycles. The van der Waals surface area contributed by atoms with Crippen molar-refractivity contribution in [1.82, 2.24) is 5.32 Å². The minimum atomic E-state index is -1.28. The van der Waals surface area contributed by atoms with Gasteiger partial charge in [0.2, 0.25) is 0 Å². The van der Waals surface area contributed by atoms with Crippen molar-refractivity contribution < 1.29 is 29.1 Å². The van der Waals surface area contributed by atoms with E-state index in [-0.39, 0.29) is 12.0 Å². The lowest BCUT2D eigenvalue weighted by Crippen LogP contribution is -2.49. The van der Waals surface area contributed by atoms with Crippen LogP contribution in [0.4, 0.5) is 27.5 Å². The lowest BCUT2D eigenvalue weighted by Gasteiger charge is -2.20. The van der Waals surface area contributed by atoms with Crippen molar-refractivity contribution in [2.75, 3.05) is 28.3 Å². The minimum absolute atomic E-state index is 0.0424. The second-order valence-corrected chi connectivity index (χ2v) is 8.71. The molecule has 3 aromatic carbocycles. The number of carbonyl (C=O) groups is 5. The zero-order valence-corrected chi connectivity index (χ0v) is 20.3. The highest BCUT2D eigenvalue weighted by molar-refractivity contribution is 6.21. The van der Waals surface area contributed by atoms with Gasteiger partial charge >= 0.3 is 12.0 Å². The van der Waals surface area contributed by atoms with E-state index in [0.717, 1.165) is 0 Å². The summed E-state index contributed by atoms with van der Waals surface area (Å²) >= 11 is 0. The van der Waals surface area contributed by atoms with Crippen LogP contribution in [0.1, 0.15) is 26.3 Å². The SMILES string of the molecule is CN(C(=O)Nc1ccc(N)cc1C=O)c1ccc(CC(NC(=O)C2Nc3ccccc3C2=O)C(=O)O)cc1. The molecule has 6 N–H and O–H groups in total. The molecule has 11 heteroatoms. The number of nitrogen functional groups attached to an aromatic ring is 1. The Hall–Kier alpha value is -5.19. The lowest BCUT2D eigenvalue weighted by molar-refractivity contribution is -0.141. The molecule has 3 amide bonds. The summed E-state index contributed by atoms with van der Waals surface area (Å²) in [5.41, 5.74) is 8.60. The van der Waals surface area contributed by atoms with Crippen molar-refractivity contribution in [2.45, 2.75) is 18.5 Å². The Morgan fingerprint density at radius 1 is 1.11 bits per heavy atom. The van der Waals surface area contributed by atoms with Crippen molar-refractivity contribution in [1.29, 1.82) is 0 Å². The number of aldehydes is 1. The van der Waals surface area contributed by atoms with Crippen molar-refractivity contribution in [3.05, 3.63) is 83.4 Å². The van der Waals surface area contributed by atoms with E-state index in [2.05, 4.69) is 16.0 Å². The maximum absolute atomic E-state index is 12.7. The molecular weight excluding hydrogens is 490 g/mol. The van der Waals surface area contributed by atoms with E-state index in [9.17, 15) is 29.1 Å². The van der Waals surface area contributed by atoms with Crippen molar-refractivity contribution in [3.63, 3.8) is 0 Å². The van der Waals surface area contributed by atoms with E-state index in [4.69, 9.17) is 5.73 Å². The number of para-hydroxylation sites is 1. The van der Waals surface area contributed by atoms with Gasteiger partial charge in [0, 0.05) is 41.7 Å². The first-order valence-electron chi connectivity index (χ1n) is 11.6. The first kappa shape index (κ1) is 25.9. The predicted octanol–water partition coefficient (Wildman–Crippen LogP) is 2.54. The Labute approximate surface area is 217 Å². The molecule has 0 saturated carbocycles. The smallest absolute Gasteiger partial charge is 0.326 e. The van der Waals surface area contributed by atoms with Gasteiger partial charge in [-0.1, -0.05) is 24.3 Å². The van der Waals surface area contributed by atoms with Crippen LogP contribution in [0.25, 0.3) is 0 Å². The monoisotopic (exact) mass is 515 g/mol. The quantitative estimate of drug-likeness (QED) is 0.173. The summed E-state index contributed by atoms with van der Waals surface area (Å²) in [4.78, 5) is 62.4. The predicted molar refractivity (Wildman–Crippen MR) is 142 cm³/mol. The lowest BCUT2D eigenvalue weighted by atomic mass is 10.0. The van der Waals surface area contributed by atoms with Gasteiger partial charge in [-0.3, -0.25) is 19.3 Å². The number of carboxylic acid groups (broad SMARTS) is 1. The number of carbonyl (C=O) groups excluding carboxylic acids is 4. The largest absolute Gasteiger partial charge is 0.480 e. The number of hydrogen-bond donors (Lipinski definition) is 5. The highest BCUT2D eigenvalue weighted by Crippen LogP contribution is 2.25. The van der Waals surface area contributed by atoms with Gasteiger partial charge in [-0.25, -0.2) is 9.59 Å². The number of nitrogens with two attached hydrogens (primary N) is 1. The summed E-state index contributed by atoms with van der Waals surface area (Å²) in [5, 5.41) is 17.6. The van der Waals surface area contributed by atoms with Crippen molar-refractivity contribution >= 4 is 52.7 Å². The number of urea groups is 1. The Balaban J connectivity index is 1.39. The Bertz CT molecular complexity index is 1420. The van der Waals surface area contributed by atoms with Crippen LogP contribution in [-0.4, -0.2) is 54.2 Å². The fourth-order valence-corrected chi connectivity index (χ4v) is 4.04. The molecule has 11 nitrogen and oxygen atoms in total. The molecule has 2 atom stereocenters. The molecule has 1 aliphatic rings. The second kappa shape index (κ2) is 10.8. The van der Waals surface area contributed by atoms with E-state index >= 15 is 0 Å². The first-order chi connectivity index (χ1) is 18.2. The number of aliphatic carboxylic acids is 1. The minimum Gasteiger partial charge on any atom is -0.480 e. The summed E-state index contributed by atoms with van der Waals surface area (Å²) in [6.07, 6.45) is 0.551. The van der Waals surface area contributed by atoms with E-state index in [0.29, 0.717) is 40.2 Å². The molecule has 0 aromatic heterocycles. The third-order valence-corrected chi connectivity index (χ3v) is 6.14. The van der Waals surface area contributed by atoms with Crippen molar-refractivity contribution in [2.24, 2.45) is 0 Å². The number of hydrogen-bond acceptors (Lipinski definition) is 7. The second-order valence-electron chi connectivity index (χ2n) is 8.71. The molecule has 0 fully saturated rings. The van der Waals surface area contributed by atoms with Gasteiger partial charge in [-0.15, -0.1) is 0 Å². The van der Waals surface area contributed by atoms with Crippen LogP contribution >= 0.6 is 0 Å². The molecule has 194 valence electrons. The van der Waals surface area contributed by atoms with Gasteiger partial charge in [-0.05, 0) is 48.0 Å². The van der Waals surface area contributed by atoms with Gasteiger partial charge in [0.25, 0.3) is 5.91 Å². The third kappa shape index (κ3) is 5.46. The molecule has 0 spiro atoms. The topological polar surface area (TPSA) is 171 Å². The Kier molecular flexibility index (Phi) is 7.38. The molecule has 0 bridgehead atoms. The van der Waals surface area contributed by atoms with Gasteiger partial charge in [-0.2, -0.15) is 0 Å². The first-order valence-corrected chi connectivity index (χ1v) is 11.6. The van der Waals surface area contributed by atoms with E-state index in [1.807, 2.05) is 0 Å². The number of carboxylic acids is 1. The number of nitrogens with zero attached hydrogens (tertiary/aromatic N) is 1. The van der Waals surface area contributed by atoms with E-state index < -0.39 is 35.8 Å². The number of Topliss-reactive ketones (excluding diaryl/α,β-unsaturated/α-hetero) is 1. The number of fused-ring (bicyclic) bond motifs is 1. The standard InChI is InChI=1S/C27H25N5O6/c1-32(27(38)31-20-11-8-17(28)13-16(20)14-33)18-9-6-15(7-10-18)12-22(26(36)37)30-25(35)23-24(34)19-4-2-3-5-21(19)29-23/h2-11,13-14,22-23,29H,12,28H2,1H3,(H,30,35)(H,31,38)(H,36,37). The maximum Gasteiger partial charge on any atom is 0.326 e. The zero-order chi connectivity index (χ0) is 27.4. The third-order valence-electron chi connectivity index (χ3n) is 6.14. The average molecular weight is 516 g/mol. The van der Waals surface area contributed by atoms with Gasteiger partial charge < -0.3 is 26.8 Å². The Morgan fingerprint density at radius 3 is 2.47 bits per heavy atom. The number of nitrogens with one attached hydrogen (secondary N) is 3. The molecule has 1 aliphatic heterocycles. The van der Waals surface area contributed by atoms with Crippen LogP contribution in [-0.2, 0) is 16.0 Å². The molecule has 4 rings (SSSR count). The van der Waals surface area contributed by atoms with Crippen LogP contribution in [0.3, 0.4) is 0 Å². The van der Waals surface area contributed by atoms with Gasteiger partial charge in [0.15, 0.2) is 18.1 Å². The Morgan fingerprint density at radius 2 is 1.82 bits per heavy atom. The summed E-state index contributed by atoms with van der Waals surface area (Å²) in [7, 11) is 1.53. The number of ketones is 1.